The fraction of sp³-hybridized carbons (Fsp3) is 0.816. The Bertz CT molecular complexity index is 1470. The van der Waals surface area contributed by atoms with Crippen LogP contribution in [-0.4, -0.2) is 90.1 Å². The molecule has 1 saturated heterocycles. The number of Topliss-reactive ketones (excluding diaryl/α,β-unsaturated/α-hetero) is 1. The zero-order valence-corrected chi connectivity index (χ0v) is 32.2. The number of fused-ring (bicyclic) bond motifs is 1. The Hall–Kier alpha value is -2.96. The molecule has 0 radical (unpaired) electrons. The third kappa shape index (κ3) is 8.82. The summed E-state index contributed by atoms with van der Waals surface area (Å²) in [5.41, 5.74) is -1.12. The quantitative estimate of drug-likeness (QED) is 0.156. The van der Waals surface area contributed by atoms with E-state index in [4.69, 9.17) is 0 Å². The van der Waals surface area contributed by atoms with Gasteiger partial charge in [0, 0.05) is 13.1 Å². The molecule has 1 aliphatic heterocycles. The van der Waals surface area contributed by atoms with E-state index in [9.17, 15) is 32.4 Å². The van der Waals surface area contributed by atoms with Gasteiger partial charge in [-0.15, -0.1) is 6.58 Å². The molecule has 1 heterocycles. The fourth-order valence-electron chi connectivity index (χ4n) is 8.96. The van der Waals surface area contributed by atoms with E-state index in [1.165, 1.54) is 6.08 Å². The zero-order chi connectivity index (χ0) is 37.4. The van der Waals surface area contributed by atoms with Crippen molar-refractivity contribution in [2.24, 2.45) is 29.1 Å². The second-order valence-corrected chi connectivity index (χ2v) is 20.4. The number of hydrogen-bond donors (Lipinski definition) is 4. The maximum atomic E-state index is 14.7. The number of nitrogens with zero attached hydrogens (tertiary/aromatic N) is 1. The lowest BCUT2D eigenvalue weighted by molar-refractivity contribution is -0.144. The van der Waals surface area contributed by atoms with Crippen molar-refractivity contribution in [3.63, 3.8) is 0 Å². The van der Waals surface area contributed by atoms with Crippen LogP contribution in [0.3, 0.4) is 0 Å². The van der Waals surface area contributed by atoms with E-state index in [1.54, 1.807) is 25.7 Å². The number of nitrogens with one attached hydrogen (secondary N) is 4. The maximum absolute atomic E-state index is 14.7. The Balaban J connectivity index is 1.37. The van der Waals surface area contributed by atoms with E-state index >= 15 is 0 Å². The number of likely N-dealkylation sites (tertiary alicyclic amines) is 1. The molecule has 4 aliphatic carbocycles. The number of hydrogen-bond acceptors (Lipinski definition) is 7. The normalized spacial score (nSPS) is 26.9. The van der Waals surface area contributed by atoms with Crippen molar-refractivity contribution in [3.8, 4) is 0 Å². The number of ketones is 1. The molecule has 4 saturated carbocycles. The van der Waals surface area contributed by atoms with Crippen molar-refractivity contribution in [2.45, 2.75) is 147 Å². The highest BCUT2D eigenvalue weighted by molar-refractivity contribution is 7.92. The highest BCUT2D eigenvalue weighted by Crippen LogP contribution is 2.65. The van der Waals surface area contributed by atoms with Crippen LogP contribution < -0.4 is 21.3 Å². The monoisotopic (exact) mass is 731 g/mol. The summed E-state index contributed by atoms with van der Waals surface area (Å²) in [5, 5.41) is 11.5. The topological polar surface area (TPSA) is 171 Å². The highest BCUT2D eigenvalue weighted by Gasteiger charge is 2.70. The molecule has 12 nitrogen and oxygen atoms in total. The van der Waals surface area contributed by atoms with Crippen molar-refractivity contribution < 1.29 is 32.4 Å². The van der Waals surface area contributed by atoms with Crippen LogP contribution in [0.25, 0.3) is 0 Å². The largest absolute Gasteiger partial charge is 0.346 e. The van der Waals surface area contributed by atoms with Gasteiger partial charge in [0.25, 0.3) is 5.91 Å². The Labute approximate surface area is 304 Å². The lowest BCUT2D eigenvalue weighted by Gasteiger charge is -2.41. The van der Waals surface area contributed by atoms with Crippen LogP contribution in [0, 0.1) is 29.1 Å². The molecular formula is C38H61N5O7S. The molecule has 286 valence electrons. The average Bonchev–Trinajstić information content (AvgIpc) is 3.92. The molecule has 0 aromatic carbocycles. The standard InChI is InChI=1S/C38H61N5O7S/c1-7-20-39-33(46)31(44)27(21-24-16-17-24)40-32(45)30-28-26(37(28,5)6)22-43(30)34(47)29(25-14-10-8-11-15-25)41-35(48)42-38(18-12-9-13-19-38)23-51(49,50)36(2,3)4/h7,24-30H,1,8-23H2,2-6H3,(H,39,46)(H,40,45)(H2,41,42,48)/t26?,27?,28-,29-,30-/m0/s1. The Morgan fingerprint density at radius 1 is 0.922 bits per heavy atom. The minimum Gasteiger partial charge on any atom is -0.346 e. The van der Waals surface area contributed by atoms with E-state index in [-0.39, 0.29) is 47.3 Å². The van der Waals surface area contributed by atoms with Crippen molar-refractivity contribution >= 4 is 39.4 Å². The zero-order valence-electron chi connectivity index (χ0n) is 31.4. The van der Waals surface area contributed by atoms with Gasteiger partial charge < -0.3 is 26.2 Å². The van der Waals surface area contributed by atoms with Crippen LogP contribution >= 0.6 is 0 Å². The average molecular weight is 732 g/mol. The fourth-order valence-corrected chi connectivity index (χ4v) is 10.5. The van der Waals surface area contributed by atoms with Crippen LogP contribution in [0.4, 0.5) is 4.79 Å². The van der Waals surface area contributed by atoms with Crippen molar-refractivity contribution in [1.29, 1.82) is 0 Å². The molecule has 51 heavy (non-hydrogen) atoms. The first-order chi connectivity index (χ1) is 23.9. The summed E-state index contributed by atoms with van der Waals surface area (Å²) in [4.78, 5) is 70.3. The minimum atomic E-state index is -3.55. The van der Waals surface area contributed by atoms with Gasteiger partial charge in [0.05, 0.1) is 22.1 Å². The first kappa shape index (κ1) is 39.3. The van der Waals surface area contributed by atoms with Crippen molar-refractivity contribution in [3.05, 3.63) is 12.7 Å². The van der Waals surface area contributed by atoms with Gasteiger partial charge in [0.2, 0.25) is 17.6 Å². The van der Waals surface area contributed by atoms with E-state index in [0.717, 1.165) is 64.2 Å². The molecule has 4 N–H and O–H groups in total. The summed E-state index contributed by atoms with van der Waals surface area (Å²) in [7, 11) is -3.55. The molecule has 5 rings (SSSR count). The highest BCUT2D eigenvalue weighted by atomic mass is 32.2. The molecular weight excluding hydrogens is 671 g/mol. The summed E-state index contributed by atoms with van der Waals surface area (Å²) in [5.74, 6) is -2.34. The number of piperidine rings is 1. The third-order valence-corrected chi connectivity index (χ3v) is 15.4. The van der Waals surface area contributed by atoms with Gasteiger partial charge in [-0.2, -0.15) is 0 Å². The molecule has 5 atom stereocenters. The number of carbonyl (C=O) groups excluding carboxylic acids is 5. The van der Waals surface area contributed by atoms with E-state index in [2.05, 4.69) is 41.7 Å². The summed E-state index contributed by atoms with van der Waals surface area (Å²) in [6, 6.07) is -3.30. The second kappa shape index (κ2) is 15.2. The molecule has 0 aromatic heterocycles. The number of rotatable bonds is 14. The van der Waals surface area contributed by atoms with E-state index in [0.29, 0.717) is 25.8 Å². The lowest BCUT2D eigenvalue weighted by Crippen LogP contribution is -2.63. The van der Waals surface area contributed by atoms with Crippen LogP contribution in [0.5, 0.6) is 0 Å². The summed E-state index contributed by atoms with van der Waals surface area (Å²) >= 11 is 0. The van der Waals surface area contributed by atoms with Crippen LogP contribution in [0.1, 0.15) is 118 Å². The summed E-state index contributed by atoms with van der Waals surface area (Å²) in [6.45, 7) is 13.3. The second-order valence-electron chi connectivity index (χ2n) is 17.7. The van der Waals surface area contributed by atoms with Gasteiger partial charge in [0.1, 0.15) is 12.1 Å². The predicted molar refractivity (Wildman–Crippen MR) is 195 cm³/mol. The summed E-state index contributed by atoms with van der Waals surface area (Å²) in [6.07, 6.45) is 11.7. The molecule has 5 fully saturated rings. The Morgan fingerprint density at radius 2 is 1.55 bits per heavy atom. The van der Waals surface area contributed by atoms with Gasteiger partial charge in [-0.1, -0.05) is 71.3 Å². The SMILES string of the molecule is C=CCNC(=O)C(=O)C(CC1CC1)NC(=O)[C@@H]1[C@@H]2C(CN1C(=O)[C@@H](NC(=O)NC1(CS(=O)(=O)C(C)(C)C)CCCCC1)C1CCCCC1)C2(C)C. The van der Waals surface area contributed by atoms with Gasteiger partial charge in [0.15, 0.2) is 9.84 Å². The Kier molecular flexibility index (Phi) is 11.7. The Morgan fingerprint density at radius 3 is 2.14 bits per heavy atom. The maximum Gasteiger partial charge on any atom is 0.315 e. The summed E-state index contributed by atoms with van der Waals surface area (Å²) < 4.78 is 25.8. The van der Waals surface area contributed by atoms with Crippen LogP contribution in [0.2, 0.25) is 0 Å². The minimum absolute atomic E-state index is 0.0830. The van der Waals surface area contributed by atoms with Gasteiger partial charge in [-0.25, -0.2) is 13.2 Å². The lowest BCUT2D eigenvalue weighted by atomic mass is 9.82. The third-order valence-electron chi connectivity index (χ3n) is 12.6. The van der Waals surface area contributed by atoms with Crippen LogP contribution in [-0.2, 0) is 29.0 Å². The number of sulfone groups is 1. The van der Waals surface area contributed by atoms with Crippen molar-refractivity contribution in [1.82, 2.24) is 26.2 Å². The van der Waals surface area contributed by atoms with Gasteiger partial charge in [-0.3, -0.25) is 19.2 Å². The number of carbonyl (C=O) groups is 5. The van der Waals surface area contributed by atoms with E-state index < -0.39 is 61.9 Å². The molecule has 5 amide bonds. The number of amides is 5. The predicted octanol–water partition coefficient (Wildman–Crippen LogP) is 3.79. The van der Waals surface area contributed by atoms with E-state index in [1.807, 2.05) is 0 Å². The van der Waals surface area contributed by atoms with Crippen molar-refractivity contribution in [2.75, 3.05) is 18.8 Å². The molecule has 0 aromatic rings. The molecule has 13 heteroatoms. The number of urea groups is 1. The molecule has 2 unspecified atom stereocenters. The van der Waals surface area contributed by atoms with Gasteiger partial charge >= 0.3 is 6.03 Å². The molecule has 5 aliphatic rings. The van der Waals surface area contributed by atoms with Crippen LogP contribution in [0.15, 0.2) is 12.7 Å². The smallest absolute Gasteiger partial charge is 0.315 e. The molecule has 0 spiro atoms. The first-order valence-electron chi connectivity index (χ1n) is 19.3. The first-order valence-corrected chi connectivity index (χ1v) is 20.9. The molecule has 0 bridgehead atoms. The van der Waals surface area contributed by atoms with Gasteiger partial charge in [-0.05, 0) is 82.0 Å².